The minimum Gasteiger partial charge on any atom is -0.382 e. The highest BCUT2D eigenvalue weighted by Gasteiger charge is 2.28. The second-order valence-corrected chi connectivity index (χ2v) is 6.84. The number of carbonyl (C=O) groups is 1. The first-order valence-electron chi connectivity index (χ1n) is 6.78. The molecule has 1 aliphatic rings. The molecule has 2 aromatic heterocycles. The van der Waals surface area contributed by atoms with E-state index in [1.807, 2.05) is 12.3 Å². The summed E-state index contributed by atoms with van der Waals surface area (Å²) in [6.45, 7) is 3.48. The van der Waals surface area contributed by atoms with Crippen molar-refractivity contribution in [2.24, 2.45) is 11.7 Å². The highest BCUT2D eigenvalue weighted by molar-refractivity contribution is 7.15. The molecular weight excluding hydrogens is 306 g/mol. The molecular formula is C13H17N5OS2. The van der Waals surface area contributed by atoms with Crippen molar-refractivity contribution in [1.29, 1.82) is 0 Å². The zero-order valence-electron chi connectivity index (χ0n) is 11.7. The van der Waals surface area contributed by atoms with Crippen molar-refractivity contribution >= 4 is 39.6 Å². The predicted molar refractivity (Wildman–Crippen MR) is 86.5 cm³/mol. The van der Waals surface area contributed by atoms with E-state index in [-0.39, 0.29) is 11.8 Å². The van der Waals surface area contributed by atoms with Crippen LogP contribution in [0.15, 0.2) is 5.38 Å². The van der Waals surface area contributed by atoms with Gasteiger partial charge in [-0.2, -0.15) is 4.37 Å². The number of anilines is 2. The molecule has 1 aliphatic heterocycles. The number of hydrogen-bond acceptors (Lipinski definition) is 7. The number of nitrogens with two attached hydrogens (primary N) is 2. The Bertz CT molecular complexity index is 665. The number of primary amides is 1. The highest BCUT2D eigenvalue weighted by Crippen LogP contribution is 2.41. The number of hydrogen-bond donors (Lipinski definition) is 2. The molecule has 0 saturated carbocycles. The van der Waals surface area contributed by atoms with E-state index in [0.717, 1.165) is 40.7 Å². The maximum Gasteiger partial charge on any atom is 0.222 e. The molecule has 3 rings (SSSR count). The van der Waals surface area contributed by atoms with Gasteiger partial charge in [0.25, 0.3) is 0 Å². The summed E-state index contributed by atoms with van der Waals surface area (Å²) < 4.78 is 4.28. The third kappa shape index (κ3) is 2.73. The fourth-order valence-corrected chi connectivity index (χ4v) is 4.34. The molecule has 112 valence electrons. The van der Waals surface area contributed by atoms with Gasteiger partial charge in [-0.25, -0.2) is 4.98 Å². The Morgan fingerprint density at radius 2 is 2.33 bits per heavy atom. The summed E-state index contributed by atoms with van der Waals surface area (Å²) in [6, 6.07) is 0. The lowest BCUT2D eigenvalue weighted by atomic mass is 9.97. The van der Waals surface area contributed by atoms with Gasteiger partial charge >= 0.3 is 0 Å². The first-order chi connectivity index (χ1) is 10.1. The molecule has 2 aromatic rings. The van der Waals surface area contributed by atoms with Crippen LogP contribution in [0.4, 0.5) is 10.8 Å². The van der Waals surface area contributed by atoms with Gasteiger partial charge in [-0.3, -0.25) is 4.79 Å². The fourth-order valence-electron chi connectivity index (χ4n) is 2.57. The SMILES string of the molecule is Cc1csc(-c2c(N)nsc2N2CCCC(C(N)=O)C2)n1. The van der Waals surface area contributed by atoms with Gasteiger partial charge in [0.05, 0.1) is 11.5 Å². The largest absolute Gasteiger partial charge is 0.382 e. The van der Waals surface area contributed by atoms with E-state index < -0.39 is 0 Å². The summed E-state index contributed by atoms with van der Waals surface area (Å²) in [7, 11) is 0. The number of amides is 1. The van der Waals surface area contributed by atoms with Crippen molar-refractivity contribution in [1.82, 2.24) is 9.36 Å². The van der Waals surface area contributed by atoms with E-state index in [2.05, 4.69) is 14.3 Å². The first kappa shape index (κ1) is 14.3. The number of thiazole rings is 1. The molecule has 1 amide bonds. The van der Waals surface area contributed by atoms with Crippen LogP contribution in [0.1, 0.15) is 18.5 Å². The molecule has 8 heteroatoms. The molecule has 0 aliphatic carbocycles. The second kappa shape index (κ2) is 5.61. The maximum absolute atomic E-state index is 11.4. The molecule has 0 radical (unpaired) electrons. The van der Waals surface area contributed by atoms with Crippen molar-refractivity contribution in [2.45, 2.75) is 19.8 Å². The summed E-state index contributed by atoms with van der Waals surface area (Å²) >= 11 is 2.93. The lowest BCUT2D eigenvalue weighted by Crippen LogP contribution is -2.41. The fraction of sp³-hybridized carbons (Fsp3) is 0.462. The van der Waals surface area contributed by atoms with Gasteiger partial charge in [-0.1, -0.05) is 0 Å². The first-order valence-corrected chi connectivity index (χ1v) is 8.43. The number of nitrogen functional groups attached to an aromatic ring is 1. The van der Waals surface area contributed by atoms with Crippen LogP contribution >= 0.6 is 22.9 Å². The van der Waals surface area contributed by atoms with Crippen molar-refractivity contribution in [2.75, 3.05) is 23.7 Å². The number of aromatic nitrogens is 2. The zero-order chi connectivity index (χ0) is 15.0. The van der Waals surface area contributed by atoms with Crippen molar-refractivity contribution in [3.05, 3.63) is 11.1 Å². The van der Waals surface area contributed by atoms with Crippen LogP contribution in [0.25, 0.3) is 10.6 Å². The minimum absolute atomic E-state index is 0.104. The molecule has 6 nitrogen and oxygen atoms in total. The third-order valence-corrected chi connectivity index (χ3v) is 5.55. The Morgan fingerprint density at radius 1 is 1.52 bits per heavy atom. The summed E-state index contributed by atoms with van der Waals surface area (Å²) in [5.41, 5.74) is 13.3. The van der Waals surface area contributed by atoms with Crippen LogP contribution < -0.4 is 16.4 Å². The second-order valence-electron chi connectivity index (χ2n) is 5.23. The Morgan fingerprint density at radius 3 is 3.00 bits per heavy atom. The predicted octanol–water partition coefficient (Wildman–Crippen LogP) is 1.86. The number of nitrogens with zero attached hydrogens (tertiary/aromatic N) is 3. The summed E-state index contributed by atoms with van der Waals surface area (Å²) in [5, 5.41) is 3.88. The monoisotopic (exact) mass is 323 g/mol. The summed E-state index contributed by atoms with van der Waals surface area (Å²) in [4.78, 5) is 18.1. The number of carbonyl (C=O) groups excluding carboxylic acids is 1. The van der Waals surface area contributed by atoms with Gasteiger partial charge in [0.2, 0.25) is 5.91 Å². The topological polar surface area (TPSA) is 98.1 Å². The average molecular weight is 323 g/mol. The quantitative estimate of drug-likeness (QED) is 0.898. The van der Waals surface area contributed by atoms with Crippen molar-refractivity contribution in [3.63, 3.8) is 0 Å². The molecule has 0 bridgehead atoms. The Labute approximate surface area is 130 Å². The highest BCUT2D eigenvalue weighted by atomic mass is 32.1. The van der Waals surface area contributed by atoms with Crippen LogP contribution in [0.5, 0.6) is 0 Å². The van der Waals surface area contributed by atoms with E-state index in [1.165, 1.54) is 11.5 Å². The van der Waals surface area contributed by atoms with Crippen LogP contribution in [0.2, 0.25) is 0 Å². The van der Waals surface area contributed by atoms with Crippen LogP contribution in [0, 0.1) is 12.8 Å². The summed E-state index contributed by atoms with van der Waals surface area (Å²) in [6.07, 6.45) is 1.80. The standard InChI is InChI=1S/C13H17N5OS2/c1-7-6-20-12(16-7)9-10(14)17-21-13(9)18-4-2-3-8(5-18)11(15)19/h6,8H,2-5H2,1H3,(H2,14,17)(H2,15,19). The Hall–Kier alpha value is -1.67. The Kier molecular flexibility index (Phi) is 3.81. The lowest BCUT2D eigenvalue weighted by Gasteiger charge is -2.32. The van der Waals surface area contributed by atoms with E-state index >= 15 is 0 Å². The molecule has 0 aromatic carbocycles. The number of rotatable bonds is 3. The van der Waals surface area contributed by atoms with Gasteiger partial charge in [0.15, 0.2) is 0 Å². The van der Waals surface area contributed by atoms with Gasteiger partial charge < -0.3 is 16.4 Å². The van der Waals surface area contributed by atoms with Crippen LogP contribution in [-0.2, 0) is 4.79 Å². The zero-order valence-corrected chi connectivity index (χ0v) is 13.3. The summed E-state index contributed by atoms with van der Waals surface area (Å²) in [5.74, 6) is 0.169. The van der Waals surface area contributed by atoms with E-state index in [4.69, 9.17) is 11.5 Å². The number of piperidine rings is 1. The molecule has 1 saturated heterocycles. The smallest absolute Gasteiger partial charge is 0.222 e. The van der Waals surface area contributed by atoms with Crippen LogP contribution in [-0.4, -0.2) is 28.4 Å². The Balaban J connectivity index is 1.94. The molecule has 1 unspecified atom stereocenters. The van der Waals surface area contributed by atoms with Crippen molar-refractivity contribution < 1.29 is 4.79 Å². The van der Waals surface area contributed by atoms with Crippen LogP contribution in [0.3, 0.4) is 0 Å². The molecule has 4 N–H and O–H groups in total. The third-order valence-electron chi connectivity index (χ3n) is 3.64. The normalized spacial score (nSPS) is 18.9. The molecule has 1 fully saturated rings. The van der Waals surface area contributed by atoms with Gasteiger partial charge in [0, 0.05) is 24.2 Å². The average Bonchev–Trinajstić information content (AvgIpc) is 3.04. The van der Waals surface area contributed by atoms with Gasteiger partial charge in [-0.05, 0) is 31.3 Å². The van der Waals surface area contributed by atoms with Gasteiger partial charge in [-0.15, -0.1) is 11.3 Å². The van der Waals surface area contributed by atoms with Crippen molar-refractivity contribution in [3.8, 4) is 10.6 Å². The minimum atomic E-state index is -0.233. The molecule has 0 spiro atoms. The number of aryl methyl sites for hydroxylation is 1. The molecule has 21 heavy (non-hydrogen) atoms. The van der Waals surface area contributed by atoms with Gasteiger partial charge in [0.1, 0.15) is 15.8 Å². The van der Waals surface area contributed by atoms with E-state index in [1.54, 1.807) is 11.3 Å². The van der Waals surface area contributed by atoms with E-state index in [0.29, 0.717) is 12.4 Å². The molecule has 1 atom stereocenters. The van der Waals surface area contributed by atoms with E-state index in [9.17, 15) is 4.79 Å². The lowest BCUT2D eigenvalue weighted by molar-refractivity contribution is -0.122. The maximum atomic E-state index is 11.4. The molecule has 3 heterocycles.